The van der Waals surface area contributed by atoms with Crippen molar-refractivity contribution in [2.45, 2.75) is 31.2 Å². The molecule has 1 aliphatic heterocycles. The number of nitrogens with zero attached hydrogens (tertiary/aromatic N) is 3. The van der Waals surface area contributed by atoms with E-state index in [0.29, 0.717) is 38.0 Å². The zero-order valence-corrected chi connectivity index (χ0v) is 16.9. The number of fused-ring (bicyclic) bond motifs is 1. The van der Waals surface area contributed by atoms with Gasteiger partial charge in [0.15, 0.2) is 0 Å². The number of halogens is 3. The van der Waals surface area contributed by atoms with Crippen molar-refractivity contribution in [1.29, 1.82) is 0 Å². The molecular formula is C22H24F3N3O2. The van der Waals surface area contributed by atoms with Gasteiger partial charge in [0.1, 0.15) is 0 Å². The van der Waals surface area contributed by atoms with Crippen molar-refractivity contribution in [3.8, 4) is 0 Å². The second-order valence-electron chi connectivity index (χ2n) is 8.11. The van der Waals surface area contributed by atoms with Crippen molar-refractivity contribution in [3.63, 3.8) is 0 Å². The summed E-state index contributed by atoms with van der Waals surface area (Å²) >= 11 is 0. The number of likely N-dealkylation sites (tertiary alicyclic amines) is 1. The fourth-order valence-electron chi connectivity index (χ4n) is 4.25. The Morgan fingerprint density at radius 2 is 1.57 bits per heavy atom. The minimum atomic E-state index is -4.38. The van der Waals surface area contributed by atoms with Gasteiger partial charge in [-0.05, 0) is 48.2 Å². The van der Waals surface area contributed by atoms with Crippen LogP contribution in [-0.2, 0) is 32.4 Å². The molecule has 2 heterocycles. The zero-order valence-electron chi connectivity index (χ0n) is 16.9. The molecule has 1 fully saturated rings. The third-order valence-electron chi connectivity index (χ3n) is 6.18. The minimum Gasteiger partial charge on any atom is -0.385 e. The van der Waals surface area contributed by atoms with Gasteiger partial charge in [-0.3, -0.25) is 14.0 Å². The number of alkyl halides is 3. The Morgan fingerprint density at radius 1 is 0.967 bits per heavy atom. The van der Waals surface area contributed by atoms with E-state index < -0.39 is 17.3 Å². The van der Waals surface area contributed by atoms with Gasteiger partial charge >= 0.3 is 11.9 Å². The lowest BCUT2D eigenvalue weighted by Crippen LogP contribution is -2.42. The van der Waals surface area contributed by atoms with E-state index in [0.717, 1.165) is 28.7 Å². The van der Waals surface area contributed by atoms with E-state index in [1.54, 1.807) is 23.2 Å². The number of aryl methyl sites for hydroxylation is 2. The van der Waals surface area contributed by atoms with Crippen LogP contribution in [0.3, 0.4) is 0 Å². The van der Waals surface area contributed by atoms with Crippen molar-refractivity contribution in [2.75, 3.05) is 13.1 Å². The Morgan fingerprint density at radius 3 is 2.17 bits per heavy atom. The molecule has 0 unspecified atom stereocenters. The van der Waals surface area contributed by atoms with Crippen LogP contribution in [0.4, 0.5) is 13.2 Å². The molecule has 0 atom stereocenters. The largest absolute Gasteiger partial charge is 0.416 e. The molecule has 0 amide bonds. The van der Waals surface area contributed by atoms with Crippen molar-refractivity contribution >= 4 is 11.0 Å². The van der Waals surface area contributed by atoms with Crippen molar-refractivity contribution in [1.82, 2.24) is 14.0 Å². The number of aliphatic hydroxyl groups is 1. The molecule has 1 N–H and O–H groups in total. The van der Waals surface area contributed by atoms with E-state index >= 15 is 0 Å². The molecule has 8 heteroatoms. The average Bonchev–Trinajstić information content (AvgIpc) is 2.93. The first-order valence-electron chi connectivity index (χ1n) is 9.85. The average molecular weight is 419 g/mol. The Kier molecular flexibility index (Phi) is 5.02. The van der Waals surface area contributed by atoms with E-state index in [4.69, 9.17) is 0 Å². The predicted molar refractivity (Wildman–Crippen MR) is 108 cm³/mol. The molecule has 0 aliphatic carbocycles. The van der Waals surface area contributed by atoms with Gasteiger partial charge < -0.3 is 5.11 Å². The van der Waals surface area contributed by atoms with Gasteiger partial charge in [0, 0.05) is 33.7 Å². The lowest BCUT2D eigenvalue weighted by Gasteiger charge is -2.38. The van der Waals surface area contributed by atoms with Crippen LogP contribution >= 0.6 is 0 Å². The zero-order chi connectivity index (χ0) is 21.7. The summed E-state index contributed by atoms with van der Waals surface area (Å²) in [5.74, 6) is 0. The van der Waals surface area contributed by atoms with E-state index in [2.05, 4.69) is 4.90 Å². The van der Waals surface area contributed by atoms with Crippen LogP contribution in [0, 0.1) is 0 Å². The number of hydrogen-bond donors (Lipinski definition) is 1. The minimum absolute atomic E-state index is 0.0678. The molecule has 1 aromatic heterocycles. The van der Waals surface area contributed by atoms with Crippen LogP contribution < -0.4 is 5.69 Å². The molecule has 1 saturated heterocycles. The van der Waals surface area contributed by atoms with Crippen LogP contribution in [0.2, 0.25) is 0 Å². The highest BCUT2D eigenvalue weighted by Gasteiger charge is 2.35. The molecule has 2 aromatic carbocycles. The monoisotopic (exact) mass is 419 g/mol. The second-order valence-corrected chi connectivity index (χ2v) is 8.11. The molecule has 0 bridgehead atoms. The summed E-state index contributed by atoms with van der Waals surface area (Å²) in [5, 5.41) is 11.0. The van der Waals surface area contributed by atoms with Crippen LogP contribution in [0.1, 0.15) is 29.5 Å². The molecule has 1 aliphatic rings. The lowest BCUT2D eigenvalue weighted by atomic mass is 9.84. The standard InChI is InChI=1S/C22H24F3N3O2/c1-26-18-8-3-15(13-19(18)27(2)20(26)29)14-28-11-9-21(30,10-12-28)16-4-6-17(7-5-16)22(23,24)25/h3-8,13,30H,9-12,14H2,1-2H3. The van der Waals surface area contributed by atoms with Gasteiger partial charge in [0.05, 0.1) is 22.2 Å². The Bertz CT molecular complexity index is 1120. The molecule has 3 aromatic rings. The summed E-state index contributed by atoms with van der Waals surface area (Å²) in [6.45, 7) is 1.94. The van der Waals surface area contributed by atoms with E-state index in [-0.39, 0.29) is 5.69 Å². The van der Waals surface area contributed by atoms with E-state index in [1.165, 1.54) is 12.1 Å². The summed E-state index contributed by atoms with van der Waals surface area (Å²) < 4.78 is 41.6. The van der Waals surface area contributed by atoms with Crippen molar-refractivity contribution in [3.05, 3.63) is 69.6 Å². The van der Waals surface area contributed by atoms with Gasteiger partial charge in [-0.2, -0.15) is 13.2 Å². The third-order valence-corrected chi connectivity index (χ3v) is 6.18. The molecule has 0 spiro atoms. The maximum Gasteiger partial charge on any atom is 0.416 e. The Labute approximate surface area is 172 Å². The molecule has 0 saturated carbocycles. The maximum atomic E-state index is 12.8. The fourth-order valence-corrected chi connectivity index (χ4v) is 4.25. The molecule has 30 heavy (non-hydrogen) atoms. The molecule has 4 rings (SSSR count). The highest BCUT2D eigenvalue weighted by atomic mass is 19.4. The van der Waals surface area contributed by atoms with Crippen LogP contribution in [0.15, 0.2) is 47.3 Å². The van der Waals surface area contributed by atoms with Gasteiger partial charge in [-0.25, -0.2) is 4.79 Å². The van der Waals surface area contributed by atoms with E-state index in [1.807, 2.05) is 18.2 Å². The lowest BCUT2D eigenvalue weighted by molar-refractivity contribution is -0.137. The van der Waals surface area contributed by atoms with Gasteiger partial charge in [0.25, 0.3) is 0 Å². The highest BCUT2D eigenvalue weighted by molar-refractivity contribution is 5.76. The van der Waals surface area contributed by atoms with Crippen LogP contribution in [0.5, 0.6) is 0 Å². The Balaban J connectivity index is 1.45. The number of piperidine rings is 1. The van der Waals surface area contributed by atoms with E-state index in [9.17, 15) is 23.1 Å². The molecule has 5 nitrogen and oxygen atoms in total. The highest BCUT2D eigenvalue weighted by Crippen LogP contribution is 2.36. The number of aromatic nitrogens is 2. The number of hydrogen-bond acceptors (Lipinski definition) is 3. The van der Waals surface area contributed by atoms with Gasteiger partial charge in [-0.1, -0.05) is 18.2 Å². The SMILES string of the molecule is Cn1c(=O)n(C)c2cc(CN3CCC(O)(c4ccc(C(F)(F)F)cc4)CC3)ccc21. The number of benzene rings is 2. The first kappa shape index (κ1) is 20.7. The first-order chi connectivity index (χ1) is 14.1. The van der Waals surface area contributed by atoms with Crippen LogP contribution in [0.25, 0.3) is 11.0 Å². The second kappa shape index (κ2) is 7.28. The third kappa shape index (κ3) is 3.65. The summed E-state index contributed by atoms with van der Waals surface area (Å²) in [7, 11) is 3.50. The number of rotatable bonds is 3. The molecule has 0 radical (unpaired) electrons. The van der Waals surface area contributed by atoms with Crippen LogP contribution in [-0.4, -0.2) is 32.2 Å². The predicted octanol–water partition coefficient (Wildman–Crippen LogP) is 3.38. The first-order valence-corrected chi connectivity index (χ1v) is 9.85. The Hall–Kier alpha value is -2.58. The summed E-state index contributed by atoms with van der Waals surface area (Å²) in [4.78, 5) is 14.3. The molecular weight excluding hydrogens is 395 g/mol. The normalized spacial score (nSPS) is 17.5. The van der Waals surface area contributed by atoms with Crippen molar-refractivity contribution < 1.29 is 18.3 Å². The fraction of sp³-hybridized carbons (Fsp3) is 0.409. The summed E-state index contributed by atoms with van der Waals surface area (Å²) in [5.41, 5.74) is 1.45. The van der Waals surface area contributed by atoms with Gasteiger partial charge in [-0.15, -0.1) is 0 Å². The summed E-state index contributed by atoms with van der Waals surface area (Å²) in [6, 6.07) is 10.8. The molecule has 160 valence electrons. The topological polar surface area (TPSA) is 50.4 Å². The quantitative estimate of drug-likeness (QED) is 0.708. The number of imidazole rings is 1. The smallest absolute Gasteiger partial charge is 0.385 e. The maximum absolute atomic E-state index is 12.8. The summed E-state index contributed by atoms with van der Waals surface area (Å²) in [6.07, 6.45) is -3.48. The van der Waals surface area contributed by atoms with Crippen molar-refractivity contribution in [2.24, 2.45) is 14.1 Å². The van der Waals surface area contributed by atoms with Gasteiger partial charge in [0.2, 0.25) is 0 Å².